The first-order valence-electron chi connectivity index (χ1n) is 8.28. The highest BCUT2D eigenvalue weighted by molar-refractivity contribution is 9.10. The number of ether oxygens (including phenoxy) is 2. The number of carbonyl (C=O) groups is 1. The van der Waals surface area contributed by atoms with Crippen LogP contribution < -0.4 is 14.4 Å². The Morgan fingerprint density at radius 1 is 1.04 bits per heavy atom. The van der Waals surface area contributed by atoms with Gasteiger partial charge in [0.05, 0.1) is 14.2 Å². The van der Waals surface area contributed by atoms with Crippen molar-refractivity contribution in [1.82, 2.24) is 4.90 Å². The van der Waals surface area contributed by atoms with Crippen LogP contribution in [0.25, 0.3) is 0 Å². The number of piperazine rings is 1. The second-order valence-electron chi connectivity index (χ2n) is 5.99. The summed E-state index contributed by atoms with van der Waals surface area (Å²) < 4.78 is 11.3. The summed E-state index contributed by atoms with van der Waals surface area (Å²) in [4.78, 5) is 16.9. The molecule has 0 bridgehead atoms. The molecule has 1 fully saturated rings. The van der Waals surface area contributed by atoms with Crippen molar-refractivity contribution in [2.75, 3.05) is 45.3 Å². The number of aromatic hydroxyl groups is 1. The number of carbonyl (C=O) groups excluding carboxylic acids is 1. The first-order chi connectivity index (χ1) is 12.5. The van der Waals surface area contributed by atoms with Crippen molar-refractivity contribution < 1.29 is 19.4 Å². The largest absolute Gasteiger partial charge is 0.508 e. The number of hydrogen-bond donors (Lipinski definition) is 1. The van der Waals surface area contributed by atoms with E-state index in [0.29, 0.717) is 47.7 Å². The Morgan fingerprint density at radius 3 is 2.19 bits per heavy atom. The topological polar surface area (TPSA) is 62.2 Å². The van der Waals surface area contributed by atoms with E-state index in [1.807, 2.05) is 17.0 Å². The number of halogens is 1. The quantitative estimate of drug-likeness (QED) is 0.822. The van der Waals surface area contributed by atoms with Gasteiger partial charge in [-0.2, -0.15) is 0 Å². The lowest BCUT2D eigenvalue weighted by molar-refractivity contribution is 0.0746. The molecule has 0 radical (unpaired) electrons. The molecule has 0 saturated carbocycles. The Morgan fingerprint density at radius 2 is 1.65 bits per heavy atom. The molecule has 1 saturated heterocycles. The molecule has 1 N–H and O–H groups in total. The Bertz CT molecular complexity index is 779. The molecule has 26 heavy (non-hydrogen) atoms. The van der Waals surface area contributed by atoms with Gasteiger partial charge in [0.15, 0.2) is 0 Å². The average molecular weight is 421 g/mol. The van der Waals surface area contributed by atoms with Crippen molar-refractivity contribution in [3.63, 3.8) is 0 Å². The van der Waals surface area contributed by atoms with Crippen molar-refractivity contribution in [3.8, 4) is 17.2 Å². The molecule has 3 rings (SSSR count). The summed E-state index contributed by atoms with van der Waals surface area (Å²) in [5.74, 6) is 1.32. The molecule has 2 aromatic rings. The molecule has 2 aromatic carbocycles. The Hall–Kier alpha value is -2.41. The zero-order valence-electron chi connectivity index (χ0n) is 14.7. The second-order valence-corrected chi connectivity index (χ2v) is 6.79. The smallest absolute Gasteiger partial charge is 0.254 e. The predicted octanol–water partition coefficient (Wildman–Crippen LogP) is 3.13. The standard InChI is InChI=1S/C19H21BrN2O4/c1-25-16-10-13(11-17(26-2)18(16)20)19(24)22-8-6-21(7-9-22)14-4-3-5-15(23)12-14/h3-5,10-12,23H,6-9H2,1-2H3. The van der Waals surface area contributed by atoms with Crippen LogP contribution in [0.4, 0.5) is 5.69 Å². The average Bonchev–Trinajstić information content (AvgIpc) is 2.67. The number of amides is 1. The van der Waals surface area contributed by atoms with Crippen LogP contribution in [-0.4, -0.2) is 56.3 Å². The van der Waals surface area contributed by atoms with Crippen molar-refractivity contribution in [1.29, 1.82) is 0 Å². The van der Waals surface area contributed by atoms with E-state index in [9.17, 15) is 9.90 Å². The third-order valence-electron chi connectivity index (χ3n) is 4.45. The van der Waals surface area contributed by atoms with Crippen molar-refractivity contribution >= 4 is 27.5 Å². The van der Waals surface area contributed by atoms with Gasteiger partial charge in [-0.1, -0.05) is 6.07 Å². The van der Waals surface area contributed by atoms with Gasteiger partial charge in [0.25, 0.3) is 5.91 Å². The van der Waals surface area contributed by atoms with Crippen molar-refractivity contribution in [3.05, 3.63) is 46.4 Å². The van der Waals surface area contributed by atoms with Crippen molar-refractivity contribution in [2.45, 2.75) is 0 Å². The van der Waals surface area contributed by atoms with Crippen LogP contribution in [0, 0.1) is 0 Å². The molecule has 1 amide bonds. The number of phenolic OH excluding ortho intramolecular Hbond substituents is 1. The van der Waals surface area contributed by atoms with E-state index >= 15 is 0 Å². The zero-order chi connectivity index (χ0) is 18.7. The maximum absolute atomic E-state index is 12.9. The van der Waals surface area contributed by atoms with Gasteiger partial charge in [-0.05, 0) is 40.2 Å². The third kappa shape index (κ3) is 3.72. The summed E-state index contributed by atoms with van der Waals surface area (Å²) in [5.41, 5.74) is 1.50. The highest BCUT2D eigenvalue weighted by atomic mass is 79.9. The SMILES string of the molecule is COc1cc(C(=O)N2CCN(c3cccc(O)c3)CC2)cc(OC)c1Br. The lowest BCUT2D eigenvalue weighted by atomic mass is 10.1. The van der Waals surface area contributed by atoms with E-state index in [1.54, 1.807) is 38.5 Å². The Balaban J connectivity index is 1.72. The third-order valence-corrected chi connectivity index (χ3v) is 5.24. The lowest BCUT2D eigenvalue weighted by Crippen LogP contribution is -2.48. The highest BCUT2D eigenvalue weighted by Crippen LogP contribution is 2.36. The van der Waals surface area contributed by atoms with E-state index in [1.165, 1.54) is 0 Å². The minimum absolute atomic E-state index is 0.0512. The summed E-state index contributed by atoms with van der Waals surface area (Å²) in [6.45, 7) is 2.63. The van der Waals surface area contributed by atoms with Crippen LogP contribution in [-0.2, 0) is 0 Å². The summed E-state index contributed by atoms with van der Waals surface area (Å²) >= 11 is 3.42. The van der Waals surface area contributed by atoms with Gasteiger partial charge in [-0.3, -0.25) is 4.79 Å². The van der Waals surface area contributed by atoms with Crippen LogP contribution in [0.2, 0.25) is 0 Å². The molecular weight excluding hydrogens is 400 g/mol. The number of nitrogens with zero attached hydrogens (tertiary/aromatic N) is 2. The van der Waals surface area contributed by atoms with E-state index in [-0.39, 0.29) is 11.7 Å². The molecular formula is C19H21BrN2O4. The summed E-state index contributed by atoms with van der Waals surface area (Å²) in [6.07, 6.45) is 0. The van der Waals surface area contributed by atoms with E-state index < -0.39 is 0 Å². The van der Waals surface area contributed by atoms with Crippen LogP contribution in [0.5, 0.6) is 17.2 Å². The summed E-state index contributed by atoms with van der Waals surface area (Å²) in [6, 6.07) is 10.6. The number of methoxy groups -OCH3 is 2. The summed E-state index contributed by atoms with van der Waals surface area (Å²) in [7, 11) is 3.11. The van der Waals surface area contributed by atoms with Crippen LogP contribution in [0.15, 0.2) is 40.9 Å². The molecule has 0 spiro atoms. The molecule has 138 valence electrons. The fourth-order valence-corrected chi connectivity index (χ4v) is 3.59. The molecule has 1 aliphatic rings. The monoisotopic (exact) mass is 420 g/mol. The molecule has 0 unspecified atom stereocenters. The van der Waals surface area contributed by atoms with Gasteiger partial charge in [0, 0.05) is 43.5 Å². The molecule has 7 heteroatoms. The van der Waals surface area contributed by atoms with Crippen LogP contribution in [0.3, 0.4) is 0 Å². The van der Waals surface area contributed by atoms with E-state index in [2.05, 4.69) is 20.8 Å². The van der Waals surface area contributed by atoms with Crippen LogP contribution in [0.1, 0.15) is 10.4 Å². The Kier molecular flexibility index (Phi) is 5.56. The Labute approximate surface area is 161 Å². The fraction of sp³-hybridized carbons (Fsp3) is 0.316. The van der Waals surface area contributed by atoms with Gasteiger partial charge < -0.3 is 24.4 Å². The second kappa shape index (κ2) is 7.86. The van der Waals surface area contributed by atoms with Crippen LogP contribution >= 0.6 is 15.9 Å². The lowest BCUT2D eigenvalue weighted by Gasteiger charge is -2.36. The number of hydrogen-bond acceptors (Lipinski definition) is 5. The molecule has 6 nitrogen and oxygen atoms in total. The zero-order valence-corrected chi connectivity index (χ0v) is 16.3. The highest BCUT2D eigenvalue weighted by Gasteiger charge is 2.24. The molecule has 1 heterocycles. The normalized spacial score (nSPS) is 14.3. The predicted molar refractivity (Wildman–Crippen MR) is 103 cm³/mol. The summed E-state index contributed by atoms with van der Waals surface area (Å²) in [5, 5.41) is 9.63. The molecule has 0 aromatic heterocycles. The minimum atomic E-state index is -0.0512. The molecule has 1 aliphatic heterocycles. The van der Waals surface area contributed by atoms with Gasteiger partial charge in [-0.15, -0.1) is 0 Å². The van der Waals surface area contributed by atoms with Gasteiger partial charge >= 0.3 is 0 Å². The van der Waals surface area contributed by atoms with E-state index in [4.69, 9.17) is 9.47 Å². The van der Waals surface area contributed by atoms with Gasteiger partial charge in [-0.25, -0.2) is 0 Å². The van der Waals surface area contributed by atoms with Crippen molar-refractivity contribution in [2.24, 2.45) is 0 Å². The van der Waals surface area contributed by atoms with E-state index in [0.717, 1.165) is 5.69 Å². The fourth-order valence-electron chi connectivity index (χ4n) is 3.03. The maximum atomic E-state index is 12.9. The van der Waals surface area contributed by atoms with Gasteiger partial charge in [0.1, 0.15) is 21.7 Å². The number of benzene rings is 2. The first kappa shape index (κ1) is 18.4. The molecule has 0 atom stereocenters. The number of phenols is 1. The molecule has 0 aliphatic carbocycles. The first-order valence-corrected chi connectivity index (χ1v) is 9.07. The number of anilines is 1. The minimum Gasteiger partial charge on any atom is -0.508 e. The van der Waals surface area contributed by atoms with Gasteiger partial charge in [0.2, 0.25) is 0 Å². The maximum Gasteiger partial charge on any atom is 0.254 e. The number of rotatable bonds is 4.